The summed E-state index contributed by atoms with van der Waals surface area (Å²) in [6.45, 7) is 0. The average Bonchev–Trinajstić information content (AvgIpc) is 2.69. The lowest BCUT2D eigenvalue weighted by atomic mass is 10.2. The molecule has 7 heteroatoms. The molecule has 0 radical (unpaired) electrons. The SMILES string of the molecule is O=C(N/N=C\c1cc(N=Nc2ccccc2)ccc1O)c1ccc(Br)cc1. The minimum Gasteiger partial charge on any atom is -0.507 e. The molecule has 0 atom stereocenters. The predicted octanol–water partition coefficient (Wildman–Crippen LogP) is 5.33. The van der Waals surface area contributed by atoms with E-state index in [1.807, 2.05) is 30.3 Å². The zero-order valence-electron chi connectivity index (χ0n) is 14.1. The molecule has 27 heavy (non-hydrogen) atoms. The number of carbonyl (C=O) groups excluding carboxylic acids is 1. The van der Waals surface area contributed by atoms with Crippen LogP contribution in [-0.2, 0) is 0 Å². The van der Waals surface area contributed by atoms with Crippen molar-refractivity contribution in [2.24, 2.45) is 15.3 Å². The van der Waals surface area contributed by atoms with Crippen LogP contribution in [0.4, 0.5) is 11.4 Å². The van der Waals surface area contributed by atoms with Crippen LogP contribution in [0.3, 0.4) is 0 Å². The Kier molecular flexibility index (Phi) is 6.06. The van der Waals surface area contributed by atoms with Gasteiger partial charge in [0.05, 0.1) is 17.6 Å². The molecule has 0 heterocycles. The Morgan fingerprint density at radius 1 is 0.926 bits per heavy atom. The van der Waals surface area contributed by atoms with Crippen molar-refractivity contribution in [3.8, 4) is 5.75 Å². The van der Waals surface area contributed by atoms with E-state index >= 15 is 0 Å². The summed E-state index contributed by atoms with van der Waals surface area (Å²) in [4.78, 5) is 12.0. The van der Waals surface area contributed by atoms with Gasteiger partial charge in [-0.3, -0.25) is 4.79 Å². The van der Waals surface area contributed by atoms with E-state index in [9.17, 15) is 9.90 Å². The molecule has 6 nitrogen and oxygen atoms in total. The summed E-state index contributed by atoms with van der Waals surface area (Å²) in [5, 5.41) is 22.1. The maximum absolute atomic E-state index is 12.0. The first-order valence-electron chi connectivity index (χ1n) is 8.00. The molecule has 0 unspecified atom stereocenters. The maximum Gasteiger partial charge on any atom is 0.271 e. The Bertz CT molecular complexity index is 987. The molecule has 0 aliphatic heterocycles. The van der Waals surface area contributed by atoms with E-state index in [-0.39, 0.29) is 11.7 Å². The highest BCUT2D eigenvalue weighted by Gasteiger charge is 2.04. The van der Waals surface area contributed by atoms with Crippen molar-refractivity contribution in [1.29, 1.82) is 0 Å². The van der Waals surface area contributed by atoms with Gasteiger partial charge in [-0.15, -0.1) is 0 Å². The van der Waals surface area contributed by atoms with E-state index in [1.54, 1.807) is 36.4 Å². The number of phenolic OH excluding ortho intramolecular Hbond substituents is 1. The maximum atomic E-state index is 12.0. The number of phenols is 1. The van der Waals surface area contributed by atoms with Gasteiger partial charge in [-0.1, -0.05) is 34.1 Å². The first kappa shape index (κ1) is 18.5. The number of carbonyl (C=O) groups is 1. The topological polar surface area (TPSA) is 86.4 Å². The average molecular weight is 423 g/mol. The van der Waals surface area contributed by atoms with Crippen molar-refractivity contribution in [2.75, 3.05) is 0 Å². The zero-order valence-corrected chi connectivity index (χ0v) is 15.7. The second kappa shape index (κ2) is 8.86. The molecule has 134 valence electrons. The van der Waals surface area contributed by atoms with E-state index in [4.69, 9.17) is 0 Å². The Balaban J connectivity index is 1.69. The first-order valence-corrected chi connectivity index (χ1v) is 8.80. The standard InChI is InChI=1S/C20H15BrN4O2/c21-16-8-6-14(7-9-16)20(27)25-22-13-15-12-18(10-11-19(15)26)24-23-17-4-2-1-3-5-17/h1-13,26H,(H,25,27)/b22-13-,24-23?. The molecular weight excluding hydrogens is 408 g/mol. The van der Waals surface area contributed by atoms with Crippen LogP contribution in [0.5, 0.6) is 5.75 Å². The van der Waals surface area contributed by atoms with Crippen molar-refractivity contribution in [3.05, 3.63) is 88.4 Å². The second-order valence-corrected chi connectivity index (χ2v) is 6.40. The fourth-order valence-electron chi connectivity index (χ4n) is 2.14. The van der Waals surface area contributed by atoms with Gasteiger partial charge in [-0.2, -0.15) is 15.3 Å². The molecule has 0 fully saturated rings. The quantitative estimate of drug-likeness (QED) is 0.330. The van der Waals surface area contributed by atoms with Crippen LogP contribution in [0, 0.1) is 0 Å². The van der Waals surface area contributed by atoms with E-state index in [0.717, 1.165) is 10.2 Å². The van der Waals surface area contributed by atoms with E-state index < -0.39 is 0 Å². The number of nitrogens with one attached hydrogen (secondary N) is 1. The minimum atomic E-state index is -0.349. The van der Waals surface area contributed by atoms with Crippen LogP contribution < -0.4 is 5.43 Å². The van der Waals surface area contributed by atoms with Crippen molar-refractivity contribution in [3.63, 3.8) is 0 Å². The minimum absolute atomic E-state index is 0.0234. The number of hydrogen-bond donors (Lipinski definition) is 2. The number of hydrazone groups is 1. The molecule has 1 amide bonds. The second-order valence-electron chi connectivity index (χ2n) is 5.48. The normalized spacial score (nSPS) is 11.1. The van der Waals surface area contributed by atoms with Gasteiger partial charge in [0.2, 0.25) is 0 Å². The number of aromatic hydroxyl groups is 1. The van der Waals surface area contributed by atoms with Crippen LogP contribution in [0.15, 0.2) is 92.6 Å². The summed E-state index contributed by atoms with van der Waals surface area (Å²) >= 11 is 3.31. The molecule has 0 aliphatic carbocycles. The van der Waals surface area contributed by atoms with Crippen LogP contribution >= 0.6 is 15.9 Å². The highest BCUT2D eigenvalue weighted by atomic mass is 79.9. The number of halogens is 1. The highest BCUT2D eigenvalue weighted by molar-refractivity contribution is 9.10. The van der Waals surface area contributed by atoms with Crippen molar-refractivity contribution < 1.29 is 9.90 Å². The molecule has 3 rings (SSSR count). The van der Waals surface area contributed by atoms with Crippen molar-refractivity contribution in [2.45, 2.75) is 0 Å². The predicted molar refractivity (Wildman–Crippen MR) is 108 cm³/mol. The van der Waals surface area contributed by atoms with Gasteiger partial charge < -0.3 is 5.11 Å². The Hall–Kier alpha value is -3.32. The lowest BCUT2D eigenvalue weighted by Gasteiger charge is -2.02. The zero-order chi connectivity index (χ0) is 19.1. The van der Waals surface area contributed by atoms with Crippen LogP contribution in [0.1, 0.15) is 15.9 Å². The molecule has 0 aromatic heterocycles. The number of amides is 1. The number of azo groups is 1. The lowest BCUT2D eigenvalue weighted by molar-refractivity contribution is 0.0955. The first-order chi connectivity index (χ1) is 13.1. The summed E-state index contributed by atoms with van der Waals surface area (Å²) in [7, 11) is 0. The molecule has 3 aromatic rings. The largest absolute Gasteiger partial charge is 0.507 e. The van der Waals surface area contributed by atoms with Gasteiger partial charge in [0.1, 0.15) is 5.75 Å². The van der Waals surface area contributed by atoms with Crippen molar-refractivity contribution >= 4 is 39.4 Å². The summed E-state index contributed by atoms with van der Waals surface area (Å²) in [6, 6.07) is 21.0. The molecule has 0 saturated carbocycles. The monoisotopic (exact) mass is 422 g/mol. The van der Waals surface area contributed by atoms with Gasteiger partial charge in [0, 0.05) is 15.6 Å². The number of benzene rings is 3. The van der Waals surface area contributed by atoms with Gasteiger partial charge >= 0.3 is 0 Å². The molecule has 3 aromatic carbocycles. The molecule has 0 aliphatic rings. The van der Waals surface area contributed by atoms with Gasteiger partial charge in [-0.05, 0) is 54.6 Å². The summed E-state index contributed by atoms with van der Waals surface area (Å²) in [5.41, 5.74) is 4.59. The molecule has 0 saturated heterocycles. The molecule has 0 spiro atoms. The molecule has 2 N–H and O–H groups in total. The van der Waals surface area contributed by atoms with Crippen molar-refractivity contribution in [1.82, 2.24) is 5.43 Å². The number of hydrogen-bond acceptors (Lipinski definition) is 5. The Morgan fingerprint density at radius 3 is 2.37 bits per heavy atom. The van der Waals surface area contributed by atoms with E-state index in [1.165, 1.54) is 12.3 Å². The Labute approximate surface area is 164 Å². The smallest absolute Gasteiger partial charge is 0.271 e. The van der Waals surface area contributed by atoms with E-state index in [2.05, 4.69) is 36.7 Å². The third-order valence-electron chi connectivity index (χ3n) is 3.52. The number of nitrogens with zero attached hydrogens (tertiary/aromatic N) is 3. The van der Waals surface area contributed by atoms with E-state index in [0.29, 0.717) is 16.8 Å². The van der Waals surface area contributed by atoms with Gasteiger partial charge in [0.15, 0.2) is 0 Å². The van der Waals surface area contributed by atoms with Crippen LogP contribution in [0.2, 0.25) is 0 Å². The third-order valence-corrected chi connectivity index (χ3v) is 4.05. The summed E-state index contributed by atoms with van der Waals surface area (Å²) in [5.74, 6) is -0.325. The van der Waals surface area contributed by atoms with Gasteiger partial charge in [-0.25, -0.2) is 5.43 Å². The molecule has 0 bridgehead atoms. The Morgan fingerprint density at radius 2 is 1.63 bits per heavy atom. The highest BCUT2D eigenvalue weighted by Crippen LogP contribution is 2.24. The summed E-state index contributed by atoms with van der Waals surface area (Å²) < 4.78 is 0.883. The molecular formula is C20H15BrN4O2. The summed E-state index contributed by atoms with van der Waals surface area (Å²) in [6.07, 6.45) is 1.35. The van der Waals surface area contributed by atoms with Crippen LogP contribution in [0.25, 0.3) is 0 Å². The van der Waals surface area contributed by atoms with Crippen LogP contribution in [-0.4, -0.2) is 17.2 Å². The fourth-order valence-corrected chi connectivity index (χ4v) is 2.41. The lowest BCUT2D eigenvalue weighted by Crippen LogP contribution is -2.17. The number of rotatable bonds is 5. The third kappa shape index (κ3) is 5.32. The fraction of sp³-hybridized carbons (Fsp3) is 0. The van der Waals surface area contributed by atoms with Gasteiger partial charge in [0.25, 0.3) is 5.91 Å².